The van der Waals surface area contributed by atoms with Crippen molar-refractivity contribution in [3.8, 4) is 12.3 Å². The monoisotopic (exact) mass is 232 g/mol. The molecule has 0 atom stereocenters. The zero-order valence-electron chi connectivity index (χ0n) is 9.22. The maximum Gasteiger partial charge on any atom is 0.379 e. The molecule has 1 aromatic rings. The van der Waals surface area contributed by atoms with Gasteiger partial charge in [0.25, 0.3) is 5.78 Å². The van der Waals surface area contributed by atoms with Gasteiger partial charge < -0.3 is 9.47 Å². The summed E-state index contributed by atoms with van der Waals surface area (Å²) in [6, 6.07) is 8.22. The summed E-state index contributed by atoms with van der Waals surface area (Å²) >= 11 is 0. The average Bonchev–Trinajstić information content (AvgIpc) is 2.38. The van der Waals surface area contributed by atoms with Crippen molar-refractivity contribution in [2.75, 3.05) is 19.8 Å². The SMILES string of the molecule is C#CCOCCOC(=O)C(=O)c1ccccc1. The lowest BCUT2D eigenvalue weighted by atomic mass is 10.1. The van der Waals surface area contributed by atoms with E-state index in [0.717, 1.165) is 0 Å². The largest absolute Gasteiger partial charge is 0.457 e. The summed E-state index contributed by atoms with van der Waals surface area (Å²) in [5, 5.41) is 0. The van der Waals surface area contributed by atoms with Gasteiger partial charge in [-0.25, -0.2) is 4.79 Å². The van der Waals surface area contributed by atoms with Gasteiger partial charge in [0, 0.05) is 5.56 Å². The number of carbonyl (C=O) groups excluding carboxylic acids is 2. The van der Waals surface area contributed by atoms with E-state index in [1.165, 1.54) is 0 Å². The molecule has 1 aromatic carbocycles. The second-order valence-corrected chi connectivity index (χ2v) is 3.09. The normalized spacial score (nSPS) is 9.35. The Morgan fingerprint density at radius 3 is 2.53 bits per heavy atom. The van der Waals surface area contributed by atoms with Crippen LogP contribution >= 0.6 is 0 Å². The van der Waals surface area contributed by atoms with Crippen molar-refractivity contribution in [3.63, 3.8) is 0 Å². The predicted molar refractivity (Wildman–Crippen MR) is 61.4 cm³/mol. The van der Waals surface area contributed by atoms with Gasteiger partial charge in [0.2, 0.25) is 0 Å². The Kier molecular flexibility index (Phi) is 5.49. The molecule has 0 aliphatic rings. The van der Waals surface area contributed by atoms with Gasteiger partial charge >= 0.3 is 5.97 Å². The molecule has 0 aromatic heterocycles. The van der Waals surface area contributed by atoms with Gasteiger partial charge in [-0.05, 0) is 0 Å². The third-order valence-corrected chi connectivity index (χ3v) is 1.87. The summed E-state index contributed by atoms with van der Waals surface area (Å²) in [4.78, 5) is 22.8. The van der Waals surface area contributed by atoms with Crippen LogP contribution in [0.2, 0.25) is 0 Å². The number of ketones is 1. The van der Waals surface area contributed by atoms with E-state index in [1.807, 2.05) is 0 Å². The van der Waals surface area contributed by atoms with Crippen LogP contribution in [0.15, 0.2) is 30.3 Å². The average molecular weight is 232 g/mol. The molecule has 0 fully saturated rings. The van der Waals surface area contributed by atoms with Gasteiger partial charge in [-0.1, -0.05) is 36.3 Å². The highest BCUT2D eigenvalue weighted by Crippen LogP contribution is 2.01. The van der Waals surface area contributed by atoms with E-state index in [4.69, 9.17) is 15.9 Å². The lowest BCUT2D eigenvalue weighted by Gasteiger charge is -2.03. The van der Waals surface area contributed by atoms with Gasteiger partial charge in [-0.2, -0.15) is 0 Å². The first kappa shape index (κ1) is 12.9. The minimum absolute atomic E-state index is 0.0130. The first-order valence-corrected chi connectivity index (χ1v) is 5.03. The number of hydrogen-bond donors (Lipinski definition) is 0. The number of hydrogen-bond acceptors (Lipinski definition) is 4. The fourth-order valence-electron chi connectivity index (χ4n) is 1.10. The molecule has 0 amide bonds. The van der Waals surface area contributed by atoms with E-state index >= 15 is 0 Å². The molecule has 0 aliphatic heterocycles. The van der Waals surface area contributed by atoms with Gasteiger partial charge in [0.1, 0.15) is 13.2 Å². The third kappa shape index (κ3) is 4.49. The quantitative estimate of drug-likeness (QED) is 0.242. The van der Waals surface area contributed by atoms with Gasteiger partial charge in [0.15, 0.2) is 0 Å². The minimum atomic E-state index is -0.888. The summed E-state index contributed by atoms with van der Waals surface area (Å²) in [5.74, 6) is 0.722. The van der Waals surface area contributed by atoms with Crippen molar-refractivity contribution in [3.05, 3.63) is 35.9 Å². The molecule has 0 saturated carbocycles. The molecule has 4 nitrogen and oxygen atoms in total. The second-order valence-electron chi connectivity index (χ2n) is 3.09. The molecule has 0 saturated heterocycles. The molecular weight excluding hydrogens is 220 g/mol. The number of carbonyl (C=O) groups is 2. The van der Waals surface area contributed by atoms with Crippen molar-refractivity contribution in [2.24, 2.45) is 0 Å². The molecule has 1 rings (SSSR count). The molecule has 0 bridgehead atoms. The van der Waals surface area contributed by atoms with Crippen LogP contribution in [0.5, 0.6) is 0 Å². The molecule has 0 radical (unpaired) electrons. The van der Waals surface area contributed by atoms with E-state index < -0.39 is 11.8 Å². The number of ether oxygens (including phenoxy) is 2. The Bertz CT molecular complexity index is 417. The molecule has 0 aliphatic carbocycles. The van der Waals surface area contributed by atoms with Crippen LogP contribution in [-0.4, -0.2) is 31.6 Å². The fourth-order valence-corrected chi connectivity index (χ4v) is 1.10. The molecule has 88 valence electrons. The topological polar surface area (TPSA) is 52.6 Å². The van der Waals surface area contributed by atoms with Crippen LogP contribution in [-0.2, 0) is 14.3 Å². The summed E-state index contributed by atoms with van der Waals surface area (Å²) in [7, 11) is 0. The molecule has 17 heavy (non-hydrogen) atoms. The zero-order valence-corrected chi connectivity index (χ0v) is 9.22. The molecule has 0 heterocycles. The summed E-state index contributed by atoms with van der Waals surface area (Å²) in [6.45, 7) is 0.348. The van der Waals surface area contributed by atoms with E-state index in [-0.39, 0.29) is 19.8 Å². The summed E-state index contributed by atoms with van der Waals surface area (Å²) < 4.78 is 9.62. The third-order valence-electron chi connectivity index (χ3n) is 1.87. The van der Waals surface area contributed by atoms with Gasteiger partial charge in [0.05, 0.1) is 6.61 Å². The highest BCUT2D eigenvalue weighted by atomic mass is 16.6. The second kappa shape index (κ2) is 7.20. The van der Waals surface area contributed by atoms with Crippen LogP contribution in [0.1, 0.15) is 10.4 Å². The minimum Gasteiger partial charge on any atom is -0.457 e. The van der Waals surface area contributed by atoms with Crippen molar-refractivity contribution in [2.45, 2.75) is 0 Å². The number of esters is 1. The number of rotatable bonds is 6. The number of Topliss-reactive ketones (excluding diaryl/α,β-unsaturated/α-hetero) is 1. The van der Waals surface area contributed by atoms with E-state index in [9.17, 15) is 9.59 Å². The number of terminal acetylenes is 1. The maximum atomic E-state index is 11.5. The Hall–Kier alpha value is -2.12. The van der Waals surface area contributed by atoms with Crippen LogP contribution < -0.4 is 0 Å². The van der Waals surface area contributed by atoms with Crippen molar-refractivity contribution in [1.82, 2.24) is 0 Å². The summed E-state index contributed by atoms with van der Waals surface area (Å²) in [6.07, 6.45) is 4.96. The van der Waals surface area contributed by atoms with Crippen molar-refractivity contribution >= 4 is 11.8 Å². The zero-order chi connectivity index (χ0) is 12.5. The fraction of sp³-hybridized carbons (Fsp3) is 0.231. The Balaban J connectivity index is 2.34. The Morgan fingerprint density at radius 1 is 1.18 bits per heavy atom. The first-order valence-electron chi connectivity index (χ1n) is 5.03. The lowest BCUT2D eigenvalue weighted by Crippen LogP contribution is -2.19. The molecule has 4 heteroatoms. The first-order chi connectivity index (χ1) is 8.25. The Morgan fingerprint density at radius 2 is 1.88 bits per heavy atom. The molecule has 0 spiro atoms. The predicted octanol–water partition coefficient (Wildman–Crippen LogP) is 1.06. The van der Waals surface area contributed by atoms with Crippen LogP contribution in [0.4, 0.5) is 0 Å². The van der Waals surface area contributed by atoms with Gasteiger partial charge in [-0.3, -0.25) is 4.79 Å². The van der Waals surface area contributed by atoms with Crippen LogP contribution in [0, 0.1) is 12.3 Å². The molecule has 0 unspecified atom stereocenters. The number of benzene rings is 1. The standard InChI is InChI=1S/C13H12O4/c1-2-8-16-9-10-17-13(15)12(14)11-6-4-3-5-7-11/h1,3-7H,8-10H2. The smallest absolute Gasteiger partial charge is 0.379 e. The highest BCUT2D eigenvalue weighted by Gasteiger charge is 2.16. The van der Waals surface area contributed by atoms with E-state index in [0.29, 0.717) is 5.56 Å². The van der Waals surface area contributed by atoms with Gasteiger partial charge in [-0.15, -0.1) is 6.42 Å². The molecular formula is C13H12O4. The summed E-state index contributed by atoms with van der Waals surface area (Å²) in [5.41, 5.74) is 0.307. The van der Waals surface area contributed by atoms with E-state index in [1.54, 1.807) is 30.3 Å². The Labute approximate surface area is 99.5 Å². The van der Waals surface area contributed by atoms with E-state index in [2.05, 4.69) is 5.92 Å². The van der Waals surface area contributed by atoms with Crippen molar-refractivity contribution in [1.29, 1.82) is 0 Å². The highest BCUT2D eigenvalue weighted by molar-refractivity contribution is 6.40. The van der Waals surface area contributed by atoms with Crippen molar-refractivity contribution < 1.29 is 19.1 Å². The lowest BCUT2D eigenvalue weighted by molar-refractivity contribution is -0.139. The van der Waals surface area contributed by atoms with Crippen LogP contribution in [0.25, 0.3) is 0 Å². The van der Waals surface area contributed by atoms with Crippen LogP contribution in [0.3, 0.4) is 0 Å². The molecule has 0 N–H and O–H groups in total. The maximum absolute atomic E-state index is 11.5.